The molecule has 1 fully saturated rings. The summed E-state index contributed by atoms with van der Waals surface area (Å²) < 4.78 is 5.16. The van der Waals surface area contributed by atoms with Gasteiger partial charge in [-0.15, -0.1) is 0 Å². The Hall–Kier alpha value is -1.51. The molecule has 14 heavy (non-hydrogen) atoms. The van der Waals surface area contributed by atoms with E-state index in [1.54, 1.807) is 0 Å². The van der Waals surface area contributed by atoms with Crippen LogP contribution in [0.25, 0.3) is 0 Å². The quantitative estimate of drug-likeness (QED) is 0.738. The molecule has 3 heteroatoms. The molecule has 2 atom stereocenters. The molecule has 1 N–H and O–H groups in total. The Morgan fingerprint density at radius 1 is 1.43 bits per heavy atom. The Bertz CT molecular complexity index is 362. The van der Waals surface area contributed by atoms with E-state index in [1.165, 1.54) is 5.56 Å². The van der Waals surface area contributed by atoms with Crippen LogP contribution in [0.2, 0.25) is 0 Å². The minimum Gasteiger partial charge on any atom is -0.439 e. The summed E-state index contributed by atoms with van der Waals surface area (Å²) in [7, 11) is 0. The van der Waals surface area contributed by atoms with E-state index in [0.29, 0.717) is 0 Å². The van der Waals surface area contributed by atoms with Gasteiger partial charge in [0.25, 0.3) is 0 Å². The Labute approximate surface area is 83.1 Å². The molecule has 1 aromatic carbocycles. The number of amides is 1. The van der Waals surface area contributed by atoms with Crippen molar-refractivity contribution in [2.45, 2.75) is 26.0 Å². The monoisotopic (exact) mass is 191 g/mol. The molecule has 3 nitrogen and oxygen atoms in total. The molecular formula is C11H13NO2. The molecule has 0 aliphatic carbocycles. The van der Waals surface area contributed by atoms with Crippen LogP contribution < -0.4 is 5.32 Å². The maximum atomic E-state index is 11.0. The fraction of sp³-hybridized carbons (Fsp3) is 0.364. The number of benzene rings is 1. The molecule has 0 aromatic heterocycles. The number of cyclic esters (lactones) is 1. The predicted molar refractivity (Wildman–Crippen MR) is 53.0 cm³/mol. The molecule has 2 rings (SSSR count). The van der Waals surface area contributed by atoms with Crippen LogP contribution in [0.3, 0.4) is 0 Å². The van der Waals surface area contributed by atoms with Crippen molar-refractivity contribution in [2.75, 3.05) is 0 Å². The fourth-order valence-electron chi connectivity index (χ4n) is 1.72. The van der Waals surface area contributed by atoms with E-state index in [1.807, 2.05) is 38.1 Å². The Kier molecular flexibility index (Phi) is 2.15. The van der Waals surface area contributed by atoms with Crippen LogP contribution in [0.1, 0.15) is 24.2 Å². The smallest absolute Gasteiger partial charge is 0.408 e. The van der Waals surface area contributed by atoms with Crippen LogP contribution in [-0.2, 0) is 4.74 Å². The highest BCUT2D eigenvalue weighted by molar-refractivity contribution is 5.70. The number of rotatable bonds is 1. The van der Waals surface area contributed by atoms with E-state index in [2.05, 4.69) is 5.32 Å². The van der Waals surface area contributed by atoms with Crippen LogP contribution in [0, 0.1) is 6.92 Å². The van der Waals surface area contributed by atoms with Gasteiger partial charge in [0.1, 0.15) is 6.10 Å². The van der Waals surface area contributed by atoms with Crippen molar-refractivity contribution in [1.82, 2.24) is 5.32 Å². The Balaban J connectivity index is 2.27. The lowest BCUT2D eigenvalue weighted by molar-refractivity contribution is 0.134. The number of carbonyl (C=O) groups is 1. The lowest BCUT2D eigenvalue weighted by Crippen LogP contribution is -2.23. The van der Waals surface area contributed by atoms with Gasteiger partial charge in [0.05, 0.1) is 6.04 Å². The molecular weight excluding hydrogens is 178 g/mol. The third-order valence-electron chi connectivity index (χ3n) is 2.40. The van der Waals surface area contributed by atoms with Crippen LogP contribution in [0.15, 0.2) is 24.3 Å². The maximum Gasteiger partial charge on any atom is 0.408 e. The van der Waals surface area contributed by atoms with Crippen molar-refractivity contribution in [3.8, 4) is 0 Å². The average Bonchev–Trinajstić information content (AvgIpc) is 2.45. The van der Waals surface area contributed by atoms with Gasteiger partial charge in [-0.05, 0) is 19.4 Å². The van der Waals surface area contributed by atoms with Crippen molar-refractivity contribution >= 4 is 6.09 Å². The number of nitrogens with one attached hydrogen (secondary N) is 1. The third-order valence-corrected chi connectivity index (χ3v) is 2.40. The molecule has 1 aliphatic rings. The highest BCUT2D eigenvalue weighted by atomic mass is 16.6. The van der Waals surface area contributed by atoms with Crippen molar-refractivity contribution in [1.29, 1.82) is 0 Å². The summed E-state index contributed by atoms with van der Waals surface area (Å²) in [6.45, 7) is 3.97. The van der Waals surface area contributed by atoms with Crippen LogP contribution in [0.4, 0.5) is 4.79 Å². The van der Waals surface area contributed by atoms with Gasteiger partial charge in [-0.1, -0.05) is 29.8 Å². The zero-order valence-corrected chi connectivity index (χ0v) is 8.28. The zero-order chi connectivity index (χ0) is 10.1. The third kappa shape index (κ3) is 1.58. The van der Waals surface area contributed by atoms with Gasteiger partial charge in [0.2, 0.25) is 0 Å². The van der Waals surface area contributed by atoms with Crippen molar-refractivity contribution in [3.63, 3.8) is 0 Å². The summed E-state index contributed by atoms with van der Waals surface area (Å²) in [5.41, 5.74) is 2.23. The van der Waals surface area contributed by atoms with Crippen LogP contribution in [-0.4, -0.2) is 12.1 Å². The van der Waals surface area contributed by atoms with E-state index < -0.39 is 0 Å². The average molecular weight is 191 g/mol. The molecule has 2 unspecified atom stereocenters. The van der Waals surface area contributed by atoms with Crippen LogP contribution >= 0.6 is 0 Å². The number of alkyl carbamates (subject to hydrolysis) is 1. The molecule has 0 spiro atoms. The fourth-order valence-corrected chi connectivity index (χ4v) is 1.72. The normalized spacial score (nSPS) is 25.7. The maximum absolute atomic E-state index is 11.0. The second kappa shape index (κ2) is 3.33. The first-order chi connectivity index (χ1) is 6.66. The number of hydrogen-bond acceptors (Lipinski definition) is 2. The first kappa shape index (κ1) is 9.06. The molecule has 1 amide bonds. The second-order valence-electron chi connectivity index (χ2n) is 3.67. The number of aryl methyl sites for hydroxylation is 1. The van der Waals surface area contributed by atoms with E-state index in [0.717, 1.165) is 5.56 Å². The standard InChI is InChI=1S/C11H13NO2/c1-7-4-3-5-9(6-7)10-8(2)12-11(13)14-10/h3-6,8,10H,1-2H3,(H,12,13). The summed E-state index contributed by atoms with van der Waals surface area (Å²) in [4.78, 5) is 11.0. The summed E-state index contributed by atoms with van der Waals surface area (Å²) in [5, 5.41) is 2.72. The number of ether oxygens (including phenoxy) is 1. The first-order valence-electron chi connectivity index (χ1n) is 4.70. The van der Waals surface area contributed by atoms with Gasteiger partial charge >= 0.3 is 6.09 Å². The van der Waals surface area contributed by atoms with E-state index in [-0.39, 0.29) is 18.2 Å². The molecule has 1 aliphatic heterocycles. The van der Waals surface area contributed by atoms with E-state index >= 15 is 0 Å². The summed E-state index contributed by atoms with van der Waals surface area (Å²) in [6.07, 6.45) is -0.480. The topological polar surface area (TPSA) is 38.3 Å². The predicted octanol–water partition coefficient (Wildman–Crippen LogP) is 2.16. The van der Waals surface area contributed by atoms with E-state index in [9.17, 15) is 4.79 Å². The summed E-state index contributed by atoms with van der Waals surface area (Å²) in [6, 6.07) is 8.07. The van der Waals surface area contributed by atoms with Crippen molar-refractivity contribution in [3.05, 3.63) is 35.4 Å². The minimum atomic E-state index is -0.330. The molecule has 1 aromatic rings. The highest BCUT2D eigenvalue weighted by Crippen LogP contribution is 2.26. The second-order valence-corrected chi connectivity index (χ2v) is 3.67. The number of hydrogen-bond donors (Lipinski definition) is 1. The minimum absolute atomic E-state index is 0.0456. The highest BCUT2D eigenvalue weighted by Gasteiger charge is 2.31. The van der Waals surface area contributed by atoms with Gasteiger partial charge in [0, 0.05) is 0 Å². The first-order valence-corrected chi connectivity index (χ1v) is 4.70. The van der Waals surface area contributed by atoms with Gasteiger partial charge in [-0.3, -0.25) is 0 Å². The Morgan fingerprint density at radius 3 is 2.79 bits per heavy atom. The molecule has 0 bridgehead atoms. The van der Waals surface area contributed by atoms with Crippen molar-refractivity contribution < 1.29 is 9.53 Å². The van der Waals surface area contributed by atoms with Crippen molar-refractivity contribution in [2.24, 2.45) is 0 Å². The SMILES string of the molecule is Cc1cccc(C2OC(=O)NC2C)c1. The molecule has 1 heterocycles. The molecule has 1 saturated heterocycles. The zero-order valence-electron chi connectivity index (χ0n) is 8.28. The summed E-state index contributed by atoms with van der Waals surface area (Å²) >= 11 is 0. The molecule has 0 saturated carbocycles. The van der Waals surface area contributed by atoms with Gasteiger partial charge in [-0.25, -0.2) is 4.79 Å². The molecule has 74 valence electrons. The van der Waals surface area contributed by atoms with Crippen LogP contribution in [0.5, 0.6) is 0 Å². The molecule has 0 radical (unpaired) electrons. The van der Waals surface area contributed by atoms with Gasteiger partial charge in [0.15, 0.2) is 0 Å². The largest absolute Gasteiger partial charge is 0.439 e. The van der Waals surface area contributed by atoms with Gasteiger partial charge in [-0.2, -0.15) is 0 Å². The van der Waals surface area contributed by atoms with E-state index in [4.69, 9.17) is 4.74 Å². The summed E-state index contributed by atoms with van der Waals surface area (Å²) in [5.74, 6) is 0. The number of carbonyl (C=O) groups excluding carboxylic acids is 1. The van der Waals surface area contributed by atoms with Gasteiger partial charge < -0.3 is 10.1 Å². The lowest BCUT2D eigenvalue weighted by atomic mass is 10.0. The Morgan fingerprint density at radius 2 is 2.21 bits per heavy atom. The lowest BCUT2D eigenvalue weighted by Gasteiger charge is -2.13.